The Labute approximate surface area is 169 Å². The van der Waals surface area contributed by atoms with Gasteiger partial charge >= 0.3 is 6.01 Å². The van der Waals surface area contributed by atoms with Crippen molar-refractivity contribution in [2.75, 3.05) is 19.6 Å². The number of fused-ring (bicyclic) bond motifs is 1. The molecular weight excluding hydrogens is 366 g/mol. The summed E-state index contributed by atoms with van der Waals surface area (Å²) in [5.74, 6) is 0.720. The van der Waals surface area contributed by atoms with Gasteiger partial charge in [-0.2, -0.15) is 0 Å². The monoisotopic (exact) mass is 391 g/mol. The number of hydrogen-bond donors (Lipinski definition) is 3. The van der Waals surface area contributed by atoms with E-state index in [2.05, 4.69) is 50.0 Å². The van der Waals surface area contributed by atoms with Crippen LogP contribution >= 0.6 is 0 Å². The van der Waals surface area contributed by atoms with E-state index in [0.29, 0.717) is 6.01 Å². The molecule has 2 aliphatic heterocycles. The molecule has 5 rings (SSSR count). The number of β-amino-alcohol motifs (C(OH)–C–C–N with tert-alkyl or cyclic N) is 1. The molecule has 2 aliphatic rings. The Hall–Kier alpha value is -2.58. The van der Waals surface area contributed by atoms with Crippen molar-refractivity contribution in [2.24, 2.45) is 0 Å². The summed E-state index contributed by atoms with van der Waals surface area (Å²) >= 11 is 0. The van der Waals surface area contributed by atoms with Gasteiger partial charge in [0.05, 0.1) is 11.6 Å². The average Bonchev–Trinajstić information content (AvgIpc) is 3.22. The summed E-state index contributed by atoms with van der Waals surface area (Å²) in [7, 11) is 0. The van der Waals surface area contributed by atoms with E-state index in [-0.39, 0.29) is 6.04 Å². The number of nitrogens with zero attached hydrogens (tertiary/aromatic N) is 3. The molecule has 0 bridgehead atoms. The number of hydrazine groups is 1. The van der Waals surface area contributed by atoms with E-state index in [4.69, 9.17) is 4.74 Å². The maximum atomic E-state index is 9.88. The predicted octanol–water partition coefficient (Wildman–Crippen LogP) is 2.53. The normalized spacial score (nSPS) is 21.2. The molecule has 3 aromatic rings. The number of rotatable bonds is 5. The highest BCUT2D eigenvalue weighted by Crippen LogP contribution is 2.27. The molecule has 7 heteroatoms. The lowest BCUT2D eigenvalue weighted by atomic mass is 9.96. The zero-order valence-electron chi connectivity index (χ0n) is 16.4. The number of nitrogens with one attached hydrogen (secondary N) is 2. The van der Waals surface area contributed by atoms with Gasteiger partial charge < -0.3 is 9.84 Å². The van der Waals surface area contributed by atoms with Crippen molar-refractivity contribution >= 4 is 10.8 Å². The Morgan fingerprint density at radius 3 is 2.62 bits per heavy atom. The van der Waals surface area contributed by atoms with Crippen LogP contribution in [-0.4, -0.2) is 45.2 Å². The fraction of sp³-hybridized carbons (Fsp3) is 0.364. The molecule has 1 unspecified atom stereocenters. The molecular formula is C22H25N5O2. The summed E-state index contributed by atoms with van der Waals surface area (Å²) in [6.07, 6.45) is 4.65. The first kappa shape index (κ1) is 18.4. The molecule has 0 spiro atoms. The lowest BCUT2D eigenvalue weighted by Crippen LogP contribution is -2.59. The average molecular weight is 391 g/mol. The summed E-state index contributed by atoms with van der Waals surface area (Å²) in [5, 5.41) is 12.2. The molecule has 1 aromatic heterocycles. The lowest BCUT2D eigenvalue weighted by molar-refractivity contribution is -0.0871. The highest BCUT2D eigenvalue weighted by atomic mass is 16.5. The minimum Gasteiger partial charge on any atom is -0.424 e. The maximum Gasteiger partial charge on any atom is 0.321 e. The van der Waals surface area contributed by atoms with Crippen LogP contribution in [0.5, 0.6) is 11.8 Å². The first-order valence-electron chi connectivity index (χ1n) is 10.00. The van der Waals surface area contributed by atoms with E-state index >= 15 is 0 Å². The number of aromatic nitrogens is 2. The predicted molar refractivity (Wildman–Crippen MR) is 110 cm³/mol. The highest BCUT2D eigenvalue weighted by molar-refractivity contribution is 5.84. The fourth-order valence-electron chi connectivity index (χ4n) is 4.12. The number of benzene rings is 2. The van der Waals surface area contributed by atoms with Gasteiger partial charge in [-0.05, 0) is 47.9 Å². The lowest BCUT2D eigenvalue weighted by Gasteiger charge is -2.44. The zero-order chi connectivity index (χ0) is 19.8. The number of aliphatic hydroxyl groups is 1. The van der Waals surface area contributed by atoms with Crippen LogP contribution in [-0.2, 0) is 6.54 Å². The van der Waals surface area contributed by atoms with E-state index in [1.165, 1.54) is 10.9 Å². The summed E-state index contributed by atoms with van der Waals surface area (Å²) in [5.41, 5.74) is 8.08. The molecule has 29 heavy (non-hydrogen) atoms. The van der Waals surface area contributed by atoms with E-state index < -0.39 is 5.60 Å². The molecule has 2 saturated heterocycles. The van der Waals surface area contributed by atoms with Crippen LogP contribution < -0.4 is 15.6 Å². The highest BCUT2D eigenvalue weighted by Gasteiger charge is 2.35. The molecule has 3 N–H and O–H groups in total. The molecule has 0 aliphatic carbocycles. The minimum atomic E-state index is -0.534. The van der Waals surface area contributed by atoms with Crippen LogP contribution in [0.1, 0.15) is 30.5 Å². The van der Waals surface area contributed by atoms with E-state index in [1.54, 1.807) is 0 Å². The molecule has 1 atom stereocenters. The largest absolute Gasteiger partial charge is 0.424 e. The van der Waals surface area contributed by atoms with Gasteiger partial charge in [-0.25, -0.2) is 9.97 Å². The summed E-state index contributed by atoms with van der Waals surface area (Å²) in [6, 6.07) is 13.0. The van der Waals surface area contributed by atoms with Crippen molar-refractivity contribution in [3.05, 3.63) is 59.9 Å². The van der Waals surface area contributed by atoms with Crippen molar-refractivity contribution < 1.29 is 9.84 Å². The van der Waals surface area contributed by atoms with Gasteiger partial charge in [-0.1, -0.05) is 18.2 Å². The molecule has 2 aromatic carbocycles. The summed E-state index contributed by atoms with van der Waals surface area (Å²) in [4.78, 5) is 10.9. The van der Waals surface area contributed by atoms with Crippen molar-refractivity contribution in [3.8, 4) is 11.8 Å². The molecule has 0 radical (unpaired) electrons. The van der Waals surface area contributed by atoms with Crippen LogP contribution in [0.25, 0.3) is 10.8 Å². The Balaban J connectivity index is 1.26. The standard InChI is InChI=1S/C22H25N5O2/c1-22(28)13-27(14-22)12-15-2-3-17-9-19(5-4-16(17)8-15)29-21-23-10-18(11-24-21)20-6-7-25-26-20/h2-5,8-11,20,25-26,28H,6-7,12-14H2,1H3. The third-order valence-electron chi connectivity index (χ3n) is 5.50. The Morgan fingerprint density at radius 2 is 1.90 bits per heavy atom. The summed E-state index contributed by atoms with van der Waals surface area (Å²) < 4.78 is 5.85. The quantitative estimate of drug-likeness (QED) is 0.616. The van der Waals surface area contributed by atoms with Crippen LogP contribution in [0, 0.1) is 0 Å². The van der Waals surface area contributed by atoms with E-state index in [0.717, 1.165) is 49.3 Å². The van der Waals surface area contributed by atoms with Crippen LogP contribution in [0.2, 0.25) is 0 Å². The van der Waals surface area contributed by atoms with Gasteiger partial charge in [0.2, 0.25) is 0 Å². The van der Waals surface area contributed by atoms with Gasteiger partial charge in [0.1, 0.15) is 5.75 Å². The molecule has 150 valence electrons. The molecule has 2 fully saturated rings. The van der Waals surface area contributed by atoms with Crippen molar-refractivity contribution in [1.82, 2.24) is 25.7 Å². The van der Waals surface area contributed by atoms with Crippen molar-refractivity contribution in [3.63, 3.8) is 0 Å². The number of hydrogen-bond acceptors (Lipinski definition) is 7. The SMILES string of the molecule is CC1(O)CN(Cc2ccc3cc(Oc4ncc(C5CCNN5)cn4)ccc3c2)C1. The van der Waals surface area contributed by atoms with Crippen molar-refractivity contribution in [1.29, 1.82) is 0 Å². The molecule has 3 heterocycles. The van der Waals surface area contributed by atoms with Crippen LogP contribution in [0.15, 0.2) is 48.8 Å². The third kappa shape index (κ3) is 4.09. The number of likely N-dealkylation sites (tertiary alicyclic amines) is 1. The second-order valence-electron chi connectivity index (χ2n) is 8.30. The topological polar surface area (TPSA) is 82.5 Å². The van der Waals surface area contributed by atoms with Gasteiger partial charge in [0, 0.05) is 44.1 Å². The van der Waals surface area contributed by atoms with Gasteiger partial charge in [-0.15, -0.1) is 0 Å². The Kier molecular flexibility index (Phi) is 4.67. The zero-order valence-corrected chi connectivity index (χ0v) is 16.4. The first-order valence-corrected chi connectivity index (χ1v) is 10.00. The summed E-state index contributed by atoms with van der Waals surface area (Å²) in [6.45, 7) is 5.13. The molecule has 0 amide bonds. The van der Waals surface area contributed by atoms with E-state index in [9.17, 15) is 5.11 Å². The third-order valence-corrected chi connectivity index (χ3v) is 5.50. The minimum absolute atomic E-state index is 0.251. The Morgan fingerprint density at radius 1 is 1.14 bits per heavy atom. The maximum absolute atomic E-state index is 9.88. The second kappa shape index (κ2) is 7.35. The fourth-order valence-corrected chi connectivity index (χ4v) is 4.12. The molecule has 0 saturated carbocycles. The van der Waals surface area contributed by atoms with Crippen LogP contribution in [0.4, 0.5) is 0 Å². The van der Waals surface area contributed by atoms with Gasteiger partial charge in [0.25, 0.3) is 0 Å². The Bertz CT molecular complexity index is 1010. The smallest absolute Gasteiger partial charge is 0.321 e. The second-order valence-corrected chi connectivity index (χ2v) is 8.30. The van der Waals surface area contributed by atoms with Gasteiger partial charge in [0.15, 0.2) is 0 Å². The number of ether oxygens (including phenoxy) is 1. The first-order chi connectivity index (χ1) is 14.0. The van der Waals surface area contributed by atoms with E-state index in [1.807, 2.05) is 31.5 Å². The molecule has 7 nitrogen and oxygen atoms in total. The van der Waals surface area contributed by atoms with Crippen LogP contribution in [0.3, 0.4) is 0 Å². The van der Waals surface area contributed by atoms with Gasteiger partial charge in [-0.3, -0.25) is 15.8 Å². The van der Waals surface area contributed by atoms with Crippen molar-refractivity contribution in [2.45, 2.75) is 31.5 Å².